The number of nitrogens with one attached hydrogen (secondary N) is 1. The van der Waals surface area contributed by atoms with Crippen LogP contribution in [0.1, 0.15) is 52.0 Å². The Bertz CT molecular complexity index is 1400. The maximum atomic E-state index is 14.3. The van der Waals surface area contributed by atoms with Gasteiger partial charge in [0.05, 0.1) is 26.9 Å². The van der Waals surface area contributed by atoms with E-state index in [-0.39, 0.29) is 46.6 Å². The van der Waals surface area contributed by atoms with E-state index in [2.05, 4.69) is 5.32 Å². The number of ketones is 2. The highest BCUT2D eigenvalue weighted by Crippen LogP contribution is 2.55. The summed E-state index contributed by atoms with van der Waals surface area (Å²) >= 11 is 6.50. The molecule has 1 spiro atoms. The van der Waals surface area contributed by atoms with Gasteiger partial charge in [0.25, 0.3) is 0 Å². The zero-order valence-corrected chi connectivity index (χ0v) is 21.4. The van der Waals surface area contributed by atoms with Crippen LogP contribution in [0.4, 0.5) is 0 Å². The van der Waals surface area contributed by atoms with Crippen molar-refractivity contribution in [3.05, 3.63) is 63.3 Å². The van der Waals surface area contributed by atoms with Gasteiger partial charge < -0.3 is 24.3 Å². The molecule has 0 bridgehead atoms. The number of benzene rings is 2. The molecule has 3 aliphatic rings. The lowest BCUT2D eigenvalue weighted by molar-refractivity contribution is -0.131. The first-order valence-corrected chi connectivity index (χ1v) is 12.0. The second-order valence-electron chi connectivity index (χ2n) is 9.21. The molecule has 5 rings (SSSR count). The van der Waals surface area contributed by atoms with Crippen molar-refractivity contribution in [1.82, 2.24) is 5.32 Å². The number of hydrogen-bond donors (Lipinski definition) is 1. The Kier molecular flexibility index (Phi) is 5.98. The molecular formula is C27H24ClNO8. The summed E-state index contributed by atoms with van der Waals surface area (Å²) < 4.78 is 21.7. The van der Waals surface area contributed by atoms with Gasteiger partial charge in [-0.15, -0.1) is 0 Å². The number of carbonyl (C=O) groups excluding carboxylic acids is 4. The Morgan fingerprint density at radius 3 is 2.32 bits per heavy atom. The average Bonchev–Trinajstić information content (AvgIpc) is 3.21. The van der Waals surface area contributed by atoms with Crippen molar-refractivity contribution in [3.8, 4) is 17.2 Å². The van der Waals surface area contributed by atoms with Gasteiger partial charge in [-0.25, -0.2) is 4.79 Å². The van der Waals surface area contributed by atoms with Crippen LogP contribution in [0, 0.1) is 5.92 Å². The molecule has 2 heterocycles. The molecule has 9 nitrogen and oxygen atoms in total. The van der Waals surface area contributed by atoms with Gasteiger partial charge in [0.2, 0.25) is 23.1 Å². The van der Waals surface area contributed by atoms with Crippen LogP contribution in [0.3, 0.4) is 0 Å². The third-order valence-electron chi connectivity index (χ3n) is 7.29. The molecule has 1 aliphatic carbocycles. The second-order valence-corrected chi connectivity index (χ2v) is 9.59. The zero-order valence-electron chi connectivity index (χ0n) is 20.6. The first-order valence-electron chi connectivity index (χ1n) is 11.6. The molecule has 0 saturated heterocycles. The number of hydrogen-bond acceptors (Lipinski definition) is 8. The van der Waals surface area contributed by atoms with Gasteiger partial charge in [0.15, 0.2) is 5.75 Å². The summed E-state index contributed by atoms with van der Waals surface area (Å²) in [6.45, 7) is 1.73. The molecule has 10 heteroatoms. The number of esters is 1. The van der Waals surface area contributed by atoms with Crippen molar-refractivity contribution in [2.75, 3.05) is 21.3 Å². The van der Waals surface area contributed by atoms with Crippen LogP contribution in [-0.4, -0.2) is 50.4 Å². The third kappa shape index (κ3) is 3.52. The van der Waals surface area contributed by atoms with Crippen LogP contribution in [0.25, 0.3) is 0 Å². The molecule has 0 saturated carbocycles. The molecule has 0 aromatic heterocycles. The molecule has 1 amide bonds. The first kappa shape index (κ1) is 24.8. The molecule has 2 aliphatic heterocycles. The molecule has 0 fully saturated rings. The van der Waals surface area contributed by atoms with Crippen molar-refractivity contribution in [2.45, 2.75) is 31.3 Å². The van der Waals surface area contributed by atoms with Crippen LogP contribution in [0.5, 0.6) is 17.2 Å². The normalized spacial score (nSPS) is 24.3. The molecule has 1 N–H and O–H groups in total. The zero-order chi connectivity index (χ0) is 26.6. The number of Topliss-reactive ketones (excluding diaryl/α,β-unsaturated/α-hetero) is 2. The minimum atomic E-state index is -1.88. The van der Waals surface area contributed by atoms with E-state index in [0.29, 0.717) is 22.4 Å². The quantitative estimate of drug-likeness (QED) is 0.475. The van der Waals surface area contributed by atoms with E-state index >= 15 is 0 Å². The standard InChI is InChI=1S/C27H24ClNO8/c1-12-9-16-20(15(10-19(30)29-16)13-5-7-14(8-6-13)26(33)36-4)24(31)27(12)25(32)21-17(34-2)11-18(35-3)22(28)23(21)37-27/h5-8,11-12,15H,9-10H2,1-4H3,(H,29,30)/t12-,15+,27+/m1/s1. The second kappa shape index (κ2) is 8.92. The van der Waals surface area contributed by atoms with Crippen molar-refractivity contribution >= 4 is 35.0 Å². The molecular weight excluding hydrogens is 502 g/mol. The van der Waals surface area contributed by atoms with Gasteiger partial charge in [0, 0.05) is 35.6 Å². The van der Waals surface area contributed by atoms with Crippen molar-refractivity contribution in [1.29, 1.82) is 0 Å². The Labute approximate surface area is 217 Å². The predicted octanol–water partition coefficient (Wildman–Crippen LogP) is 3.62. The smallest absolute Gasteiger partial charge is 0.337 e. The fourth-order valence-corrected chi connectivity index (χ4v) is 5.71. The van der Waals surface area contributed by atoms with Crippen LogP contribution in [0.2, 0.25) is 5.02 Å². The fraction of sp³-hybridized carbons (Fsp3) is 0.333. The fourth-order valence-electron chi connectivity index (χ4n) is 5.44. The van der Waals surface area contributed by atoms with Gasteiger partial charge in [0.1, 0.15) is 22.1 Å². The largest absolute Gasteiger partial charge is 0.496 e. The van der Waals surface area contributed by atoms with Crippen molar-refractivity contribution in [2.24, 2.45) is 5.92 Å². The van der Waals surface area contributed by atoms with Crippen LogP contribution in [-0.2, 0) is 14.3 Å². The number of ether oxygens (including phenoxy) is 4. The van der Waals surface area contributed by atoms with Gasteiger partial charge in [-0.3, -0.25) is 14.4 Å². The van der Waals surface area contributed by atoms with Crippen LogP contribution < -0.4 is 19.5 Å². The minimum Gasteiger partial charge on any atom is -0.496 e. The Morgan fingerprint density at radius 1 is 1.03 bits per heavy atom. The van der Waals surface area contributed by atoms with E-state index < -0.39 is 35.0 Å². The van der Waals surface area contributed by atoms with Gasteiger partial charge in [-0.1, -0.05) is 30.7 Å². The monoisotopic (exact) mass is 525 g/mol. The lowest BCUT2D eigenvalue weighted by Crippen LogP contribution is -2.59. The number of methoxy groups -OCH3 is 3. The highest BCUT2D eigenvalue weighted by atomic mass is 35.5. The summed E-state index contributed by atoms with van der Waals surface area (Å²) in [5.74, 6) is -2.63. The molecule has 0 radical (unpaired) electrons. The number of fused-ring (bicyclic) bond motifs is 1. The van der Waals surface area contributed by atoms with Crippen LogP contribution >= 0.6 is 11.6 Å². The number of rotatable bonds is 4. The van der Waals surface area contributed by atoms with Gasteiger partial charge in [-0.05, 0) is 24.1 Å². The number of halogens is 1. The summed E-state index contributed by atoms with van der Waals surface area (Å²) in [5, 5.41) is 2.89. The third-order valence-corrected chi connectivity index (χ3v) is 7.65. The summed E-state index contributed by atoms with van der Waals surface area (Å²) in [4.78, 5) is 52.8. The van der Waals surface area contributed by atoms with Gasteiger partial charge in [-0.2, -0.15) is 0 Å². The topological polar surface area (TPSA) is 117 Å². The van der Waals surface area contributed by atoms with Crippen LogP contribution in [0.15, 0.2) is 41.6 Å². The van der Waals surface area contributed by atoms with Crippen molar-refractivity contribution in [3.63, 3.8) is 0 Å². The average molecular weight is 526 g/mol. The Hall–Kier alpha value is -3.85. The predicted molar refractivity (Wildman–Crippen MR) is 131 cm³/mol. The van der Waals surface area contributed by atoms with E-state index in [1.165, 1.54) is 27.4 Å². The first-order chi connectivity index (χ1) is 17.7. The van der Waals surface area contributed by atoms with Gasteiger partial charge >= 0.3 is 5.97 Å². The molecule has 192 valence electrons. The lowest BCUT2D eigenvalue weighted by Gasteiger charge is -2.41. The Morgan fingerprint density at radius 2 is 1.70 bits per heavy atom. The van der Waals surface area contributed by atoms with E-state index in [1.54, 1.807) is 31.2 Å². The molecule has 0 unspecified atom stereocenters. The molecule has 2 aromatic carbocycles. The van der Waals surface area contributed by atoms with E-state index in [1.807, 2.05) is 0 Å². The maximum absolute atomic E-state index is 14.3. The summed E-state index contributed by atoms with van der Waals surface area (Å²) in [6, 6.07) is 7.98. The highest BCUT2D eigenvalue weighted by Gasteiger charge is 2.63. The number of allylic oxidation sites excluding steroid dienone is 1. The summed E-state index contributed by atoms with van der Waals surface area (Å²) in [7, 11) is 4.11. The summed E-state index contributed by atoms with van der Waals surface area (Å²) in [5.41, 5.74) is -0.0569. The maximum Gasteiger partial charge on any atom is 0.337 e. The highest BCUT2D eigenvalue weighted by molar-refractivity contribution is 6.36. The van der Waals surface area contributed by atoms with E-state index in [0.717, 1.165) is 0 Å². The summed E-state index contributed by atoms with van der Waals surface area (Å²) in [6.07, 6.45) is 0.214. The van der Waals surface area contributed by atoms with E-state index in [9.17, 15) is 19.2 Å². The van der Waals surface area contributed by atoms with E-state index in [4.69, 9.17) is 30.5 Å². The molecule has 3 atom stereocenters. The number of amides is 1. The minimum absolute atomic E-state index is 0.00829. The molecule has 37 heavy (non-hydrogen) atoms. The number of carbonyl (C=O) groups is 4. The lowest BCUT2D eigenvalue weighted by atomic mass is 9.66. The Balaban J connectivity index is 1.62. The SMILES string of the molecule is COC(=O)c1ccc([C@@H]2CC(=O)NC3=C2C(=O)[C@@]2(Oc4c(Cl)c(OC)cc(OC)c4C2=O)[C@H](C)C3)cc1. The molecule has 2 aromatic rings. The van der Waals surface area contributed by atoms with Crippen molar-refractivity contribution < 1.29 is 38.1 Å².